The summed E-state index contributed by atoms with van der Waals surface area (Å²) in [5.74, 6) is -1.23. The molecule has 0 saturated heterocycles. The maximum atomic E-state index is 13.7. The third-order valence-electron chi connectivity index (χ3n) is 4.18. The molecule has 0 amide bonds. The van der Waals surface area contributed by atoms with Crippen LogP contribution in [0.3, 0.4) is 0 Å². The lowest BCUT2D eigenvalue weighted by molar-refractivity contribution is -0.659. The maximum Gasteiger partial charge on any atom is 0.419 e. The van der Waals surface area contributed by atoms with Crippen LogP contribution in [-0.2, 0) is 13.2 Å². The summed E-state index contributed by atoms with van der Waals surface area (Å²) in [6.07, 6.45) is -2.72. The predicted molar refractivity (Wildman–Crippen MR) is 90.5 cm³/mol. The quantitative estimate of drug-likeness (QED) is 0.424. The van der Waals surface area contributed by atoms with Crippen LogP contribution in [0.5, 0.6) is 0 Å². The Morgan fingerprint density at radius 3 is 2.04 bits per heavy atom. The van der Waals surface area contributed by atoms with Crippen LogP contribution < -0.4 is 9.75 Å². The Bertz CT molecular complexity index is 789. The fraction of sp³-hybridized carbons (Fsp3) is 0.389. The largest absolute Gasteiger partial charge is 0.419 e. The van der Waals surface area contributed by atoms with Gasteiger partial charge in [-0.3, -0.25) is 0 Å². The van der Waals surface area contributed by atoms with Gasteiger partial charge in [-0.1, -0.05) is 19.6 Å². The van der Waals surface area contributed by atoms with Crippen LogP contribution in [0.2, 0.25) is 19.6 Å². The molecule has 0 aliphatic rings. The van der Waals surface area contributed by atoms with Gasteiger partial charge in [0, 0.05) is 16.8 Å². The molecule has 1 heterocycles. The van der Waals surface area contributed by atoms with Crippen LogP contribution in [0.4, 0.5) is 17.6 Å². The number of aryl methyl sites for hydroxylation is 3. The standard InChI is InChI=1S/C18H22F4NSi/c1-11-7-15(19)14(18(20,21)22)9-13(11)16-8-12(2)17(10-23(16)3)24(4,5)6/h7-10H,1-6H3/q+1. The third-order valence-corrected chi connectivity index (χ3v) is 6.32. The van der Waals surface area contributed by atoms with Crippen molar-refractivity contribution >= 4 is 13.3 Å². The Hall–Kier alpha value is -1.69. The van der Waals surface area contributed by atoms with Gasteiger partial charge in [0.25, 0.3) is 0 Å². The van der Waals surface area contributed by atoms with Crippen LogP contribution in [-0.4, -0.2) is 8.07 Å². The number of halogens is 4. The van der Waals surface area contributed by atoms with Crippen LogP contribution in [0.25, 0.3) is 11.3 Å². The smallest absolute Gasteiger partial charge is 0.206 e. The van der Waals surface area contributed by atoms with Crippen molar-refractivity contribution in [2.45, 2.75) is 39.7 Å². The average Bonchev–Trinajstić information content (AvgIpc) is 2.38. The summed E-state index contributed by atoms with van der Waals surface area (Å²) < 4.78 is 54.7. The number of alkyl halides is 3. The molecule has 24 heavy (non-hydrogen) atoms. The zero-order valence-corrected chi connectivity index (χ0v) is 15.8. The minimum Gasteiger partial charge on any atom is -0.206 e. The Labute approximate surface area is 141 Å². The van der Waals surface area contributed by atoms with Gasteiger partial charge in [-0.2, -0.15) is 13.2 Å². The molecule has 0 radical (unpaired) electrons. The second-order valence-electron chi connectivity index (χ2n) is 7.26. The normalized spacial score (nSPS) is 12.6. The van der Waals surface area contributed by atoms with Crippen LogP contribution >= 0.6 is 0 Å². The van der Waals surface area contributed by atoms with E-state index in [1.54, 1.807) is 6.92 Å². The molecule has 0 spiro atoms. The lowest BCUT2D eigenvalue weighted by Crippen LogP contribution is -2.46. The van der Waals surface area contributed by atoms with Gasteiger partial charge in [-0.15, -0.1) is 0 Å². The number of hydrogen-bond donors (Lipinski definition) is 0. The zero-order valence-electron chi connectivity index (χ0n) is 14.8. The maximum absolute atomic E-state index is 13.7. The average molecular weight is 356 g/mol. The molecule has 1 aromatic carbocycles. The zero-order chi connectivity index (χ0) is 18.4. The van der Waals surface area contributed by atoms with E-state index in [9.17, 15) is 17.6 Å². The predicted octanol–water partition coefficient (Wildman–Crippen LogP) is 4.50. The first-order valence-corrected chi connectivity index (χ1v) is 11.2. The van der Waals surface area contributed by atoms with Gasteiger partial charge < -0.3 is 0 Å². The van der Waals surface area contributed by atoms with Crippen molar-refractivity contribution < 1.29 is 22.1 Å². The molecular weight excluding hydrogens is 334 g/mol. The molecule has 0 fully saturated rings. The molecule has 1 aromatic heterocycles. The van der Waals surface area contributed by atoms with Gasteiger partial charge in [-0.05, 0) is 37.1 Å². The SMILES string of the molecule is Cc1cc(F)c(C(F)(F)F)cc1-c1cc(C)c([Si](C)(C)C)c[n+]1C. The lowest BCUT2D eigenvalue weighted by Gasteiger charge is -2.19. The highest BCUT2D eigenvalue weighted by atomic mass is 28.3. The summed E-state index contributed by atoms with van der Waals surface area (Å²) in [5, 5.41) is 1.25. The van der Waals surface area contributed by atoms with Crippen molar-refractivity contribution in [3.8, 4) is 11.3 Å². The first-order chi connectivity index (χ1) is 10.8. The van der Waals surface area contributed by atoms with E-state index in [0.29, 0.717) is 16.8 Å². The van der Waals surface area contributed by atoms with Crippen molar-refractivity contribution in [3.63, 3.8) is 0 Å². The van der Waals surface area contributed by atoms with Gasteiger partial charge in [0.2, 0.25) is 5.69 Å². The molecule has 0 bridgehead atoms. The number of nitrogens with zero attached hydrogens (tertiary/aromatic N) is 1. The molecule has 1 nitrogen and oxygen atoms in total. The highest BCUT2D eigenvalue weighted by molar-refractivity contribution is 6.88. The van der Waals surface area contributed by atoms with Gasteiger partial charge in [0.1, 0.15) is 12.9 Å². The summed E-state index contributed by atoms with van der Waals surface area (Å²) in [7, 11) is 0.257. The molecule has 6 heteroatoms. The number of benzene rings is 1. The summed E-state index contributed by atoms with van der Waals surface area (Å²) in [6, 6.07) is 3.77. The second-order valence-corrected chi connectivity index (χ2v) is 12.3. The molecule has 0 N–H and O–H groups in total. The molecular formula is C18H22F4NSi+. The first kappa shape index (κ1) is 18.6. The number of rotatable bonds is 2. The highest BCUT2D eigenvalue weighted by Gasteiger charge is 2.35. The fourth-order valence-corrected chi connectivity index (χ4v) is 4.80. The van der Waals surface area contributed by atoms with Gasteiger partial charge >= 0.3 is 6.18 Å². The van der Waals surface area contributed by atoms with Crippen molar-refractivity contribution in [2.75, 3.05) is 0 Å². The summed E-state index contributed by atoms with van der Waals surface area (Å²) in [4.78, 5) is 0. The van der Waals surface area contributed by atoms with Crippen molar-refractivity contribution in [1.82, 2.24) is 0 Å². The van der Waals surface area contributed by atoms with Crippen molar-refractivity contribution in [2.24, 2.45) is 7.05 Å². The van der Waals surface area contributed by atoms with E-state index in [1.165, 1.54) is 5.19 Å². The van der Waals surface area contributed by atoms with Gasteiger partial charge in [0.05, 0.1) is 13.6 Å². The van der Waals surface area contributed by atoms with E-state index in [2.05, 4.69) is 19.6 Å². The van der Waals surface area contributed by atoms with Crippen molar-refractivity contribution in [3.05, 3.63) is 46.9 Å². The minimum absolute atomic E-state index is 0.399. The van der Waals surface area contributed by atoms with Crippen LogP contribution in [0.1, 0.15) is 16.7 Å². The first-order valence-electron chi connectivity index (χ1n) is 7.71. The van der Waals surface area contributed by atoms with E-state index < -0.39 is 25.6 Å². The molecule has 0 aliphatic carbocycles. The summed E-state index contributed by atoms with van der Waals surface area (Å²) >= 11 is 0. The van der Waals surface area contributed by atoms with Gasteiger partial charge in [0.15, 0.2) is 6.20 Å². The van der Waals surface area contributed by atoms with Crippen molar-refractivity contribution in [1.29, 1.82) is 0 Å². The minimum atomic E-state index is -4.71. The molecule has 0 unspecified atom stereocenters. The lowest BCUT2D eigenvalue weighted by atomic mass is 9.99. The van der Waals surface area contributed by atoms with Gasteiger partial charge in [-0.25, -0.2) is 8.96 Å². The molecule has 2 rings (SSSR count). The number of aromatic nitrogens is 1. The van der Waals surface area contributed by atoms with E-state index in [4.69, 9.17) is 0 Å². The molecule has 0 aliphatic heterocycles. The number of hydrogen-bond acceptors (Lipinski definition) is 0. The van der Waals surface area contributed by atoms with E-state index in [1.807, 2.05) is 30.8 Å². The van der Waals surface area contributed by atoms with Crippen LogP contribution in [0.15, 0.2) is 24.4 Å². The van der Waals surface area contributed by atoms with E-state index >= 15 is 0 Å². The van der Waals surface area contributed by atoms with Crippen LogP contribution in [0, 0.1) is 19.7 Å². The monoisotopic (exact) mass is 356 g/mol. The molecule has 0 atom stereocenters. The molecule has 2 aromatic rings. The second kappa shape index (κ2) is 5.99. The van der Waals surface area contributed by atoms with E-state index in [-0.39, 0.29) is 0 Å². The van der Waals surface area contributed by atoms with E-state index in [0.717, 1.165) is 17.7 Å². The Balaban J connectivity index is 2.72. The Kier molecular flexibility index (Phi) is 4.65. The highest BCUT2D eigenvalue weighted by Crippen LogP contribution is 2.35. The summed E-state index contributed by atoms with van der Waals surface area (Å²) in [6.45, 7) is 10.3. The fourth-order valence-electron chi connectivity index (χ4n) is 2.97. The molecule has 130 valence electrons. The summed E-state index contributed by atoms with van der Waals surface area (Å²) in [5.41, 5.74) is 1.36. The Morgan fingerprint density at radius 1 is 0.958 bits per heavy atom. The Morgan fingerprint density at radius 2 is 1.54 bits per heavy atom. The molecule has 0 saturated carbocycles. The third kappa shape index (κ3) is 3.53. The topological polar surface area (TPSA) is 3.88 Å². The number of pyridine rings is 1.